The van der Waals surface area contributed by atoms with Crippen LogP contribution < -0.4 is 5.32 Å². The van der Waals surface area contributed by atoms with Gasteiger partial charge < -0.3 is 4.52 Å². The van der Waals surface area contributed by atoms with Crippen LogP contribution in [0.15, 0.2) is 48.5 Å². The lowest BCUT2D eigenvalue weighted by atomic mass is 10.0. The van der Waals surface area contributed by atoms with Crippen LogP contribution in [0, 0.1) is 11.3 Å². The fourth-order valence-electron chi connectivity index (χ4n) is 3.18. The van der Waals surface area contributed by atoms with E-state index < -0.39 is 7.37 Å². The van der Waals surface area contributed by atoms with Crippen molar-refractivity contribution in [3.63, 3.8) is 0 Å². The molecule has 0 heterocycles. The highest BCUT2D eigenvalue weighted by Crippen LogP contribution is 2.44. The Bertz CT molecular complexity index is 783. The van der Waals surface area contributed by atoms with Crippen molar-refractivity contribution in [3.05, 3.63) is 59.7 Å². The second kappa shape index (κ2) is 6.91. The molecular formula is C19H21N2O2P. The Morgan fingerprint density at radius 2 is 1.71 bits per heavy atom. The lowest BCUT2D eigenvalue weighted by Gasteiger charge is -2.21. The Morgan fingerprint density at radius 1 is 1.17 bits per heavy atom. The third-order valence-corrected chi connectivity index (χ3v) is 6.41. The van der Waals surface area contributed by atoms with Crippen LogP contribution in [0.4, 0.5) is 0 Å². The largest absolute Gasteiger partial charge is 0.332 e. The third kappa shape index (κ3) is 3.30. The van der Waals surface area contributed by atoms with Gasteiger partial charge in [0.1, 0.15) is 0 Å². The zero-order chi connectivity index (χ0) is 17.2. The molecule has 1 aliphatic carbocycles. The molecule has 1 N–H and O–H groups in total. The summed E-state index contributed by atoms with van der Waals surface area (Å²) >= 11 is 0. The average molecular weight is 340 g/mol. The molecule has 0 aliphatic heterocycles. The van der Waals surface area contributed by atoms with Crippen molar-refractivity contribution in [3.8, 4) is 17.2 Å². The Kier molecular flexibility index (Phi) is 4.87. The molecular weight excluding hydrogens is 319 g/mol. The van der Waals surface area contributed by atoms with E-state index in [9.17, 15) is 9.83 Å². The number of nitriles is 1. The predicted octanol–water partition coefficient (Wildman–Crippen LogP) is 4.18. The summed E-state index contributed by atoms with van der Waals surface area (Å²) in [5.41, 5.74) is 4.79. The van der Waals surface area contributed by atoms with Crippen LogP contribution in [0.5, 0.6) is 0 Å². The van der Waals surface area contributed by atoms with Crippen molar-refractivity contribution in [2.45, 2.75) is 18.5 Å². The van der Waals surface area contributed by atoms with E-state index in [0.29, 0.717) is 12.6 Å². The molecule has 2 aromatic carbocycles. The normalized spacial score (nSPS) is 16.7. The zero-order valence-electron chi connectivity index (χ0n) is 13.9. The Hall–Kier alpha value is -1.92. The molecule has 0 radical (unpaired) electrons. The van der Waals surface area contributed by atoms with E-state index in [-0.39, 0.29) is 12.1 Å². The van der Waals surface area contributed by atoms with Gasteiger partial charge in [0, 0.05) is 19.9 Å². The van der Waals surface area contributed by atoms with Gasteiger partial charge in [-0.1, -0.05) is 48.5 Å². The van der Waals surface area contributed by atoms with Crippen LogP contribution in [0.1, 0.15) is 23.6 Å². The molecule has 0 aromatic heterocycles. The molecule has 4 nitrogen and oxygen atoms in total. The second-order valence-electron chi connectivity index (χ2n) is 6.16. The first-order chi connectivity index (χ1) is 11.6. The maximum Gasteiger partial charge on any atom is 0.200 e. The van der Waals surface area contributed by atoms with E-state index >= 15 is 0 Å². The van der Waals surface area contributed by atoms with E-state index in [2.05, 4.69) is 35.7 Å². The van der Waals surface area contributed by atoms with Gasteiger partial charge in [-0.25, -0.2) is 0 Å². The summed E-state index contributed by atoms with van der Waals surface area (Å²) in [6.07, 6.45) is 0.893. The summed E-state index contributed by atoms with van der Waals surface area (Å²) < 4.78 is 17.1. The molecule has 2 unspecified atom stereocenters. The predicted molar refractivity (Wildman–Crippen MR) is 96.3 cm³/mol. The van der Waals surface area contributed by atoms with Gasteiger partial charge in [-0.15, -0.1) is 0 Å². The van der Waals surface area contributed by atoms with Gasteiger partial charge in [0.05, 0.1) is 18.2 Å². The molecule has 24 heavy (non-hydrogen) atoms. The van der Waals surface area contributed by atoms with E-state index in [1.807, 2.05) is 24.3 Å². The van der Waals surface area contributed by atoms with Gasteiger partial charge in [-0.3, -0.25) is 9.88 Å². The van der Waals surface area contributed by atoms with Gasteiger partial charge in [0.25, 0.3) is 0 Å². The molecule has 124 valence electrons. The summed E-state index contributed by atoms with van der Waals surface area (Å²) in [4.78, 5) is 0. The number of nitrogens with one attached hydrogen (secondary N) is 1. The zero-order valence-corrected chi connectivity index (χ0v) is 14.8. The average Bonchev–Trinajstić information content (AvgIpc) is 2.93. The summed E-state index contributed by atoms with van der Waals surface area (Å²) in [6.45, 7) is 1.61. The minimum atomic E-state index is -2.61. The van der Waals surface area contributed by atoms with E-state index in [1.54, 1.807) is 6.66 Å². The van der Waals surface area contributed by atoms with Crippen molar-refractivity contribution in [2.75, 3.05) is 19.9 Å². The number of nitrogens with zero attached hydrogens (tertiary/aromatic N) is 1. The fraction of sp³-hybridized carbons (Fsp3) is 0.316. The lowest BCUT2D eigenvalue weighted by molar-refractivity contribution is 0.395. The van der Waals surface area contributed by atoms with Gasteiger partial charge >= 0.3 is 0 Å². The Labute approximate surface area is 142 Å². The van der Waals surface area contributed by atoms with Crippen LogP contribution >= 0.6 is 7.37 Å². The molecule has 5 heteroatoms. The molecule has 2 atom stereocenters. The standard InChI is InChI=1S/C19H21N2O2P/c1-23-24(2,22)12-11-14(13-20)21-19-17-9-5-3-7-15(17)16-8-4-6-10-18(16)19/h3-10,14,19,21H,11-12H2,1-2H3. The quantitative estimate of drug-likeness (QED) is 0.801. The summed E-state index contributed by atoms with van der Waals surface area (Å²) in [5.74, 6) is 0. The highest BCUT2D eigenvalue weighted by Gasteiger charge is 2.30. The number of hydrogen-bond donors (Lipinski definition) is 1. The minimum Gasteiger partial charge on any atom is -0.332 e. The summed E-state index contributed by atoms with van der Waals surface area (Å²) in [6, 6.07) is 18.4. The van der Waals surface area contributed by atoms with E-state index in [4.69, 9.17) is 4.52 Å². The highest BCUT2D eigenvalue weighted by atomic mass is 31.2. The van der Waals surface area contributed by atoms with Crippen molar-refractivity contribution in [1.82, 2.24) is 5.32 Å². The molecule has 1 aliphatic rings. The maximum absolute atomic E-state index is 12.1. The molecule has 0 spiro atoms. The van der Waals surface area contributed by atoms with E-state index in [0.717, 1.165) is 0 Å². The maximum atomic E-state index is 12.1. The first-order valence-electron chi connectivity index (χ1n) is 8.02. The monoisotopic (exact) mass is 340 g/mol. The van der Waals surface area contributed by atoms with Gasteiger partial charge in [-0.05, 0) is 28.7 Å². The lowest BCUT2D eigenvalue weighted by Crippen LogP contribution is -2.32. The SMILES string of the molecule is COP(C)(=O)CCC(C#N)NC1c2ccccc2-c2ccccc21. The summed E-state index contributed by atoms with van der Waals surface area (Å²) in [5, 5.41) is 12.9. The Balaban J connectivity index is 1.84. The molecule has 0 amide bonds. The van der Waals surface area contributed by atoms with Crippen molar-refractivity contribution in [2.24, 2.45) is 0 Å². The number of rotatable bonds is 6. The topological polar surface area (TPSA) is 62.1 Å². The fourth-order valence-corrected chi connectivity index (χ4v) is 4.09. The van der Waals surface area contributed by atoms with Crippen molar-refractivity contribution < 1.29 is 9.09 Å². The van der Waals surface area contributed by atoms with Crippen LogP contribution in [0.25, 0.3) is 11.1 Å². The van der Waals surface area contributed by atoms with Gasteiger partial charge in [0.2, 0.25) is 0 Å². The molecule has 0 bridgehead atoms. The van der Waals surface area contributed by atoms with Crippen LogP contribution in [0.3, 0.4) is 0 Å². The Morgan fingerprint density at radius 3 is 2.21 bits per heavy atom. The number of fused-ring (bicyclic) bond motifs is 3. The van der Waals surface area contributed by atoms with Gasteiger partial charge in [-0.2, -0.15) is 5.26 Å². The van der Waals surface area contributed by atoms with E-state index in [1.165, 1.54) is 29.4 Å². The summed E-state index contributed by atoms with van der Waals surface area (Å²) in [7, 11) is -1.15. The van der Waals surface area contributed by atoms with Crippen LogP contribution in [-0.2, 0) is 9.09 Å². The molecule has 3 rings (SSSR count). The second-order valence-corrected chi connectivity index (χ2v) is 9.01. The van der Waals surface area contributed by atoms with Crippen molar-refractivity contribution in [1.29, 1.82) is 5.26 Å². The number of benzene rings is 2. The molecule has 0 saturated carbocycles. The molecule has 0 fully saturated rings. The smallest absolute Gasteiger partial charge is 0.200 e. The van der Waals surface area contributed by atoms with Crippen LogP contribution in [0.2, 0.25) is 0 Å². The van der Waals surface area contributed by atoms with Crippen molar-refractivity contribution >= 4 is 7.37 Å². The number of hydrogen-bond acceptors (Lipinski definition) is 4. The first-order valence-corrected chi connectivity index (χ1v) is 10.3. The molecule has 2 aromatic rings. The minimum absolute atomic E-state index is 0.0131. The highest BCUT2D eigenvalue weighted by molar-refractivity contribution is 7.58. The molecule has 0 saturated heterocycles. The first kappa shape index (κ1) is 16.9. The third-order valence-electron chi connectivity index (χ3n) is 4.57. The van der Waals surface area contributed by atoms with Crippen LogP contribution in [-0.4, -0.2) is 26.0 Å². The van der Waals surface area contributed by atoms with Gasteiger partial charge in [0.15, 0.2) is 7.37 Å².